The van der Waals surface area contributed by atoms with Crippen LogP contribution in [-0.2, 0) is 0 Å². The van der Waals surface area contributed by atoms with Crippen molar-refractivity contribution in [3.05, 3.63) is 103 Å². The van der Waals surface area contributed by atoms with E-state index in [9.17, 15) is 63.1 Å². The van der Waals surface area contributed by atoms with E-state index in [1.165, 1.54) is 0 Å². The minimum absolute atomic E-state index is 0.435. The quantitative estimate of drug-likeness (QED) is 0.0987. The molecule has 0 aliphatic carbocycles. The highest BCUT2D eigenvalue weighted by molar-refractivity contribution is 6.49. The lowest BCUT2D eigenvalue weighted by Crippen LogP contribution is -2.45. The predicted octanol–water partition coefficient (Wildman–Crippen LogP) is 7.14. The van der Waals surface area contributed by atoms with E-state index in [0.717, 1.165) is 0 Å². The van der Waals surface area contributed by atoms with Crippen molar-refractivity contribution in [2.24, 2.45) is 0 Å². The number of amides is 4. The van der Waals surface area contributed by atoms with E-state index in [4.69, 9.17) is 23.2 Å². The summed E-state index contributed by atoms with van der Waals surface area (Å²) in [5.74, 6) is -32.9. The largest absolute Gasteiger partial charge is 0.268 e. The number of halogens is 12. The first-order valence-electron chi connectivity index (χ1n) is 11.3. The minimum atomic E-state index is -2.62. The monoisotopic (exact) mass is 666 g/mol. The fourth-order valence-corrected chi connectivity index (χ4v) is 5.53. The van der Waals surface area contributed by atoms with Crippen molar-refractivity contribution >= 4 is 69.0 Å². The van der Waals surface area contributed by atoms with E-state index < -0.39 is 146 Å². The van der Waals surface area contributed by atoms with Crippen molar-refractivity contribution in [3.8, 4) is 0 Å². The molecule has 4 aromatic carbocycles. The zero-order valence-electron chi connectivity index (χ0n) is 20.2. The standard InChI is InChI=1S/C26H2Cl2F10N2O4/c27-5-1-3-7-4(24(42)39(23(3)41)21-17(35)13(31)11(29)14(32)18(21)36)2-6(28)9-10(7)8(5)25(43)40(26(9)44)22-19(37)15(33)12(30)16(34)20(22)38/h1-2H. The Kier molecular flexibility index (Phi) is 6.27. The third-order valence-electron chi connectivity index (χ3n) is 6.83. The number of nitrogens with zero attached hydrogens (tertiary/aromatic N) is 2. The van der Waals surface area contributed by atoms with Crippen LogP contribution in [-0.4, -0.2) is 23.6 Å². The summed E-state index contributed by atoms with van der Waals surface area (Å²) in [5.41, 5.74) is -7.61. The van der Waals surface area contributed by atoms with E-state index in [2.05, 4.69) is 0 Å². The molecule has 0 bridgehead atoms. The average Bonchev–Trinajstić information content (AvgIpc) is 2.98. The number of hydrogen-bond acceptors (Lipinski definition) is 4. The van der Waals surface area contributed by atoms with Gasteiger partial charge >= 0.3 is 0 Å². The third kappa shape index (κ3) is 3.45. The molecule has 0 saturated heterocycles. The first-order valence-corrected chi connectivity index (χ1v) is 12.1. The van der Waals surface area contributed by atoms with Gasteiger partial charge < -0.3 is 0 Å². The van der Waals surface area contributed by atoms with Gasteiger partial charge in [0.25, 0.3) is 23.6 Å². The van der Waals surface area contributed by atoms with Gasteiger partial charge in [-0.15, -0.1) is 0 Å². The van der Waals surface area contributed by atoms with Gasteiger partial charge in [-0.1, -0.05) is 23.2 Å². The lowest BCUT2D eigenvalue weighted by molar-refractivity contribution is 0.0870. The molecule has 0 atom stereocenters. The molecule has 0 fully saturated rings. The van der Waals surface area contributed by atoms with Crippen molar-refractivity contribution in [1.29, 1.82) is 0 Å². The SMILES string of the molecule is O=C1c2cc(Cl)c3c4c(c(Cl)cc(c24)C(=O)N1c1c(F)c(F)c(F)c(F)c1F)C(=O)N(c1c(F)c(F)c(F)c(F)c1F)C3=O. The van der Waals surface area contributed by atoms with Crippen LogP contribution < -0.4 is 9.80 Å². The number of carbonyl (C=O) groups is 4. The van der Waals surface area contributed by atoms with E-state index in [0.29, 0.717) is 12.1 Å². The zero-order valence-corrected chi connectivity index (χ0v) is 21.7. The molecular weight excluding hydrogens is 665 g/mol. The average molecular weight is 667 g/mol. The Hall–Kier alpha value is -4.70. The molecule has 2 aliphatic heterocycles. The van der Waals surface area contributed by atoms with Gasteiger partial charge in [-0.3, -0.25) is 19.2 Å². The number of anilines is 2. The van der Waals surface area contributed by atoms with E-state index >= 15 is 0 Å². The summed E-state index contributed by atoms with van der Waals surface area (Å²) in [6.07, 6.45) is 0. The summed E-state index contributed by atoms with van der Waals surface area (Å²) in [4.78, 5) is 52.7. The van der Waals surface area contributed by atoms with Gasteiger partial charge in [-0.2, -0.15) is 0 Å². The van der Waals surface area contributed by atoms with Crippen LogP contribution in [0.15, 0.2) is 12.1 Å². The Morgan fingerprint density at radius 2 is 0.682 bits per heavy atom. The van der Waals surface area contributed by atoms with Crippen molar-refractivity contribution in [3.63, 3.8) is 0 Å². The van der Waals surface area contributed by atoms with E-state index in [1.807, 2.05) is 0 Å². The number of carbonyl (C=O) groups excluding carboxylic acids is 4. The van der Waals surface area contributed by atoms with Gasteiger partial charge in [0.05, 0.1) is 32.3 Å². The maximum atomic E-state index is 14.7. The second kappa shape index (κ2) is 9.40. The smallest absolute Gasteiger partial charge is 0.267 e. The summed E-state index contributed by atoms with van der Waals surface area (Å²) in [5, 5.41) is -3.23. The van der Waals surface area contributed by atoms with Gasteiger partial charge in [0.15, 0.2) is 46.5 Å². The van der Waals surface area contributed by atoms with Gasteiger partial charge in [-0.05, 0) is 12.1 Å². The maximum absolute atomic E-state index is 14.7. The van der Waals surface area contributed by atoms with Crippen LogP contribution in [0, 0.1) is 58.2 Å². The van der Waals surface area contributed by atoms with Gasteiger partial charge in [0, 0.05) is 10.8 Å². The van der Waals surface area contributed by atoms with Crippen LogP contribution in [0.4, 0.5) is 55.3 Å². The summed E-state index contributed by atoms with van der Waals surface area (Å²) >= 11 is 12.3. The Bertz CT molecular complexity index is 2020. The second-order valence-electron chi connectivity index (χ2n) is 9.04. The highest BCUT2D eigenvalue weighted by atomic mass is 35.5. The van der Waals surface area contributed by atoms with Gasteiger partial charge in [0.1, 0.15) is 11.4 Å². The molecule has 2 aliphatic rings. The summed E-state index contributed by atoms with van der Waals surface area (Å²) < 4.78 is 142. The fraction of sp³-hybridized carbons (Fsp3) is 0. The topological polar surface area (TPSA) is 74.8 Å². The number of hydrogen-bond donors (Lipinski definition) is 0. The third-order valence-corrected chi connectivity index (χ3v) is 7.43. The molecule has 18 heteroatoms. The van der Waals surface area contributed by atoms with Crippen LogP contribution in [0.1, 0.15) is 41.4 Å². The molecule has 44 heavy (non-hydrogen) atoms. The molecule has 4 amide bonds. The Morgan fingerprint density at radius 3 is 1.00 bits per heavy atom. The lowest BCUT2D eigenvalue weighted by atomic mass is 9.85. The van der Waals surface area contributed by atoms with Crippen LogP contribution in [0.5, 0.6) is 0 Å². The maximum Gasteiger partial charge on any atom is 0.267 e. The molecule has 224 valence electrons. The first-order chi connectivity index (χ1) is 20.5. The number of rotatable bonds is 2. The van der Waals surface area contributed by atoms with E-state index in [-0.39, 0.29) is 0 Å². The number of imide groups is 2. The van der Waals surface area contributed by atoms with Gasteiger partial charge in [0.2, 0.25) is 11.6 Å². The fourth-order valence-electron chi connectivity index (χ4n) is 4.96. The minimum Gasteiger partial charge on any atom is -0.268 e. The van der Waals surface area contributed by atoms with Crippen molar-refractivity contribution < 1.29 is 63.1 Å². The zero-order chi connectivity index (χ0) is 32.4. The second-order valence-corrected chi connectivity index (χ2v) is 9.85. The van der Waals surface area contributed by atoms with Crippen LogP contribution in [0.2, 0.25) is 10.0 Å². The molecule has 0 radical (unpaired) electrons. The molecule has 0 aromatic heterocycles. The van der Waals surface area contributed by atoms with Crippen LogP contribution >= 0.6 is 23.2 Å². The van der Waals surface area contributed by atoms with Crippen LogP contribution in [0.3, 0.4) is 0 Å². The lowest BCUT2D eigenvalue weighted by Gasteiger charge is -2.33. The molecule has 0 N–H and O–H groups in total. The highest BCUT2D eigenvalue weighted by Gasteiger charge is 2.47. The van der Waals surface area contributed by atoms with Crippen LogP contribution in [0.25, 0.3) is 10.8 Å². The molecule has 0 spiro atoms. The van der Waals surface area contributed by atoms with Gasteiger partial charge in [-0.25, -0.2) is 53.7 Å². The van der Waals surface area contributed by atoms with Crippen molar-refractivity contribution in [2.45, 2.75) is 0 Å². The normalized spacial score (nSPS) is 14.5. The number of benzene rings is 4. The Labute approximate surface area is 244 Å². The molecule has 0 saturated carbocycles. The summed E-state index contributed by atoms with van der Waals surface area (Å²) in [7, 11) is 0. The highest BCUT2D eigenvalue weighted by Crippen LogP contribution is 2.47. The molecule has 4 aromatic rings. The van der Waals surface area contributed by atoms with Crippen molar-refractivity contribution in [2.75, 3.05) is 9.80 Å². The summed E-state index contributed by atoms with van der Waals surface area (Å²) in [6.45, 7) is 0. The first kappa shape index (κ1) is 29.4. The molecule has 6 nitrogen and oxygen atoms in total. The Morgan fingerprint density at radius 1 is 0.409 bits per heavy atom. The predicted molar refractivity (Wildman–Crippen MR) is 129 cm³/mol. The summed E-state index contributed by atoms with van der Waals surface area (Å²) in [6, 6.07) is 1.08. The van der Waals surface area contributed by atoms with E-state index in [1.54, 1.807) is 0 Å². The Balaban J connectivity index is 1.66. The molecule has 6 rings (SSSR count). The molecule has 0 unspecified atom stereocenters. The molecular formula is C26H2Cl2F10N2O4. The molecule has 2 heterocycles. The van der Waals surface area contributed by atoms with Crippen molar-refractivity contribution in [1.82, 2.24) is 0 Å².